The molecule has 2 nitrogen and oxygen atoms in total. The maximum absolute atomic E-state index is 9.51. The maximum atomic E-state index is 9.51. The minimum atomic E-state index is 0.291. The first-order valence-corrected chi connectivity index (χ1v) is 7.16. The largest absolute Gasteiger partial charge is 0.508 e. The number of aromatic nitrogens is 1. The first-order valence-electron chi connectivity index (χ1n) is 7.16. The molecule has 2 heteroatoms. The van der Waals surface area contributed by atoms with Crippen molar-refractivity contribution in [2.45, 2.75) is 13.5 Å². The van der Waals surface area contributed by atoms with E-state index >= 15 is 0 Å². The quantitative estimate of drug-likeness (QED) is 0.718. The van der Waals surface area contributed by atoms with Crippen LogP contribution in [-0.2, 0) is 6.54 Å². The summed E-state index contributed by atoms with van der Waals surface area (Å²) in [6, 6.07) is 19.9. The molecule has 0 fully saturated rings. The van der Waals surface area contributed by atoms with Gasteiger partial charge in [0.05, 0.1) is 0 Å². The first kappa shape index (κ1) is 13.4. The van der Waals surface area contributed by atoms with Gasteiger partial charge in [-0.05, 0) is 42.8 Å². The van der Waals surface area contributed by atoms with E-state index in [-0.39, 0.29) is 0 Å². The lowest BCUT2D eigenvalue weighted by molar-refractivity contribution is -0.669. The molecule has 0 bridgehead atoms. The fourth-order valence-corrected chi connectivity index (χ4v) is 2.59. The van der Waals surface area contributed by atoms with Gasteiger partial charge in [-0.3, -0.25) is 0 Å². The summed E-state index contributed by atoms with van der Waals surface area (Å²) in [5.41, 5.74) is 3.38. The lowest BCUT2D eigenvalue weighted by Gasteiger charge is -2.02. The van der Waals surface area contributed by atoms with Gasteiger partial charge in [-0.2, -0.15) is 4.57 Å². The molecule has 1 aromatic heterocycles. The molecule has 3 aromatic rings. The number of pyridine rings is 1. The zero-order valence-electron chi connectivity index (χ0n) is 12.0. The third kappa shape index (κ3) is 2.79. The van der Waals surface area contributed by atoms with Gasteiger partial charge in [0, 0.05) is 23.6 Å². The van der Waals surface area contributed by atoms with Crippen LogP contribution in [0.25, 0.3) is 23.1 Å². The molecule has 21 heavy (non-hydrogen) atoms. The van der Waals surface area contributed by atoms with Gasteiger partial charge in [0.15, 0.2) is 0 Å². The zero-order valence-corrected chi connectivity index (χ0v) is 12.0. The van der Waals surface area contributed by atoms with E-state index in [1.807, 2.05) is 18.2 Å². The molecule has 0 radical (unpaired) electrons. The molecule has 0 amide bonds. The Kier molecular flexibility index (Phi) is 3.69. The lowest BCUT2D eigenvalue weighted by Crippen LogP contribution is -2.36. The summed E-state index contributed by atoms with van der Waals surface area (Å²) in [5.74, 6) is 0.291. The summed E-state index contributed by atoms with van der Waals surface area (Å²) in [6.45, 7) is 3.07. The van der Waals surface area contributed by atoms with Gasteiger partial charge in [-0.1, -0.05) is 24.3 Å². The van der Waals surface area contributed by atoms with Crippen molar-refractivity contribution in [3.8, 4) is 5.75 Å². The number of fused-ring (bicyclic) bond motifs is 1. The molecule has 0 unspecified atom stereocenters. The number of nitrogens with zero attached hydrogens (tertiary/aromatic N) is 1. The summed E-state index contributed by atoms with van der Waals surface area (Å²) < 4.78 is 2.29. The van der Waals surface area contributed by atoms with Gasteiger partial charge in [-0.15, -0.1) is 0 Å². The molecule has 0 aliphatic heterocycles. The molecule has 2 aromatic carbocycles. The van der Waals surface area contributed by atoms with Gasteiger partial charge in [0.1, 0.15) is 12.3 Å². The zero-order chi connectivity index (χ0) is 14.7. The van der Waals surface area contributed by atoms with Crippen molar-refractivity contribution in [3.05, 3.63) is 71.9 Å². The predicted octanol–water partition coefficient (Wildman–Crippen LogP) is 4.02. The lowest BCUT2D eigenvalue weighted by atomic mass is 10.1. The van der Waals surface area contributed by atoms with Crippen LogP contribution >= 0.6 is 0 Å². The van der Waals surface area contributed by atoms with E-state index in [2.05, 4.69) is 54.0 Å². The Hall–Kier alpha value is -2.61. The maximum Gasteiger partial charge on any atom is 0.212 e. The molecular weight excluding hydrogens is 258 g/mol. The van der Waals surface area contributed by atoms with Crippen LogP contribution in [0.2, 0.25) is 0 Å². The summed E-state index contributed by atoms with van der Waals surface area (Å²) in [4.78, 5) is 0. The number of hydrogen-bond donors (Lipinski definition) is 1. The first-order chi connectivity index (χ1) is 10.3. The molecule has 0 aliphatic rings. The molecular formula is C19H18NO+. The standard InChI is InChI=1S/C19H17NO/c1-2-20-17(12-10-15-6-5-8-18(21)14-15)13-11-16-7-3-4-9-19(16)20/h3-14H,2H2,1H3/p+1/b12-10-. The van der Waals surface area contributed by atoms with Crippen molar-refractivity contribution in [1.29, 1.82) is 0 Å². The van der Waals surface area contributed by atoms with E-state index in [9.17, 15) is 5.11 Å². The van der Waals surface area contributed by atoms with Crippen molar-refractivity contribution >= 4 is 23.1 Å². The fraction of sp³-hybridized carbons (Fsp3) is 0.105. The van der Waals surface area contributed by atoms with Crippen molar-refractivity contribution < 1.29 is 9.67 Å². The normalized spacial score (nSPS) is 11.3. The van der Waals surface area contributed by atoms with E-state index in [0.717, 1.165) is 17.8 Å². The van der Waals surface area contributed by atoms with Crippen molar-refractivity contribution in [2.24, 2.45) is 0 Å². The Bertz CT molecular complexity index is 806. The van der Waals surface area contributed by atoms with E-state index < -0.39 is 0 Å². The second-order valence-corrected chi connectivity index (χ2v) is 4.99. The van der Waals surface area contributed by atoms with E-state index in [4.69, 9.17) is 0 Å². The second-order valence-electron chi connectivity index (χ2n) is 4.99. The van der Waals surface area contributed by atoms with Crippen LogP contribution in [-0.4, -0.2) is 5.11 Å². The Morgan fingerprint density at radius 3 is 2.62 bits per heavy atom. The molecule has 3 rings (SSSR count). The fourth-order valence-electron chi connectivity index (χ4n) is 2.59. The highest BCUT2D eigenvalue weighted by atomic mass is 16.3. The Labute approximate surface area is 124 Å². The number of benzene rings is 2. The van der Waals surface area contributed by atoms with Crippen LogP contribution in [0, 0.1) is 0 Å². The summed E-state index contributed by atoms with van der Waals surface area (Å²) in [6.07, 6.45) is 4.11. The highest BCUT2D eigenvalue weighted by Gasteiger charge is 2.10. The van der Waals surface area contributed by atoms with Crippen LogP contribution in [0.1, 0.15) is 18.2 Å². The topological polar surface area (TPSA) is 24.1 Å². The smallest absolute Gasteiger partial charge is 0.212 e. The number of para-hydroxylation sites is 1. The highest BCUT2D eigenvalue weighted by molar-refractivity contribution is 5.77. The summed E-state index contributed by atoms with van der Waals surface area (Å²) in [5, 5.41) is 10.8. The Morgan fingerprint density at radius 1 is 0.952 bits per heavy atom. The number of phenols is 1. The third-order valence-electron chi connectivity index (χ3n) is 3.61. The predicted molar refractivity (Wildman–Crippen MR) is 86.9 cm³/mol. The van der Waals surface area contributed by atoms with Gasteiger partial charge in [0.25, 0.3) is 0 Å². The minimum Gasteiger partial charge on any atom is -0.508 e. The summed E-state index contributed by atoms with van der Waals surface area (Å²) >= 11 is 0. The molecule has 0 atom stereocenters. The van der Waals surface area contributed by atoms with Crippen molar-refractivity contribution in [1.82, 2.24) is 0 Å². The van der Waals surface area contributed by atoms with Crippen LogP contribution in [0.3, 0.4) is 0 Å². The van der Waals surface area contributed by atoms with Gasteiger partial charge in [0.2, 0.25) is 11.2 Å². The second kappa shape index (κ2) is 5.80. The Balaban J connectivity index is 2.04. The molecule has 1 heterocycles. The highest BCUT2D eigenvalue weighted by Crippen LogP contribution is 2.15. The molecule has 1 N–H and O–H groups in total. The van der Waals surface area contributed by atoms with Crippen LogP contribution in [0.15, 0.2) is 60.7 Å². The van der Waals surface area contributed by atoms with E-state index in [0.29, 0.717) is 5.75 Å². The molecule has 0 aliphatic carbocycles. The minimum absolute atomic E-state index is 0.291. The van der Waals surface area contributed by atoms with Crippen molar-refractivity contribution in [2.75, 3.05) is 0 Å². The SMILES string of the molecule is CC[n+]1c(/C=C\c2cccc(O)c2)ccc2ccccc21. The summed E-state index contributed by atoms with van der Waals surface area (Å²) in [7, 11) is 0. The van der Waals surface area contributed by atoms with Crippen molar-refractivity contribution in [3.63, 3.8) is 0 Å². The number of aromatic hydroxyl groups is 1. The number of phenolic OH excluding ortho intramolecular Hbond substituents is 1. The Morgan fingerprint density at radius 2 is 1.81 bits per heavy atom. The van der Waals surface area contributed by atoms with Crippen LogP contribution < -0.4 is 4.57 Å². The molecule has 0 spiro atoms. The molecule has 104 valence electrons. The third-order valence-corrected chi connectivity index (χ3v) is 3.61. The van der Waals surface area contributed by atoms with E-state index in [1.165, 1.54) is 10.9 Å². The van der Waals surface area contributed by atoms with Gasteiger partial charge < -0.3 is 5.11 Å². The average molecular weight is 276 g/mol. The monoisotopic (exact) mass is 276 g/mol. The number of rotatable bonds is 3. The number of hydrogen-bond acceptors (Lipinski definition) is 1. The average Bonchev–Trinajstić information content (AvgIpc) is 2.52. The van der Waals surface area contributed by atoms with Crippen LogP contribution in [0.4, 0.5) is 0 Å². The van der Waals surface area contributed by atoms with Crippen LogP contribution in [0.5, 0.6) is 5.75 Å². The molecule has 0 saturated carbocycles. The molecule has 0 saturated heterocycles. The van der Waals surface area contributed by atoms with Gasteiger partial charge in [-0.25, -0.2) is 0 Å². The van der Waals surface area contributed by atoms with E-state index in [1.54, 1.807) is 12.1 Å². The number of aryl methyl sites for hydroxylation is 1. The van der Waals surface area contributed by atoms with Gasteiger partial charge >= 0.3 is 0 Å².